The highest BCUT2D eigenvalue weighted by Gasteiger charge is 2.35. The summed E-state index contributed by atoms with van der Waals surface area (Å²) in [5.41, 5.74) is 13.4. The van der Waals surface area contributed by atoms with Gasteiger partial charge in [-0.15, -0.1) is 0 Å². The molecule has 0 saturated carbocycles. The van der Waals surface area contributed by atoms with Crippen LogP contribution >= 0.6 is 11.8 Å². The maximum atomic E-state index is 2.44. The number of hydrogen-bond donors (Lipinski definition) is 0. The summed E-state index contributed by atoms with van der Waals surface area (Å²) in [6, 6.07) is 45.1. The first-order valence-corrected chi connectivity index (χ1v) is 14.1. The van der Waals surface area contributed by atoms with Gasteiger partial charge >= 0.3 is 0 Å². The van der Waals surface area contributed by atoms with Crippen LogP contribution in [0, 0.1) is 0 Å². The molecule has 0 saturated heterocycles. The van der Waals surface area contributed by atoms with Crippen molar-refractivity contribution in [1.29, 1.82) is 0 Å². The van der Waals surface area contributed by atoms with E-state index in [2.05, 4.69) is 135 Å². The average molecular weight is 503 g/mol. The largest absolute Gasteiger partial charge is 0.0888 e. The molecule has 0 N–H and O–H groups in total. The van der Waals surface area contributed by atoms with Crippen molar-refractivity contribution in [3.05, 3.63) is 132 Å². The molecule has 1 heterocycles. The summed E-state index contributed by atoms with van der Waals surface area (Å²) >= 11 is 1.89. The Bertz CT molecular complexity index is 1920. The molecule has 0 radical (unpaired) electrons. The molecule has 0 nitrogen and oxygen atoms in total. The Morgan fingerprint density at radius 3 is 1.97 bits per heavy atom. The topological polar surface area (TPSA) is 0 Å². The summed E-state index contributed by atoms with van der Waals surface area (Å²) in [5.74, 6) is 0. The Kier molecular flexibility index (Phi) is 4.60. The highest BCUT2D eigenvalue weighted by molar-refractivity contribution is 7.99. The van der Waals surface area contributed by atoms with Crippen LogP contribution in [0.2, 0.25) is 0 Å². The maximum Gasteiger partial charge on any atom is 0.0207 e. The predicted molar refractivity (Wildman–Crippen MR) is 162 cm³/mol. The molecule has 2 aliphatic rings. The van der Waals surface area contributed by atoms with Crippen molar-refractivity contribution in [2.24, 2.45) is 0 Å². The Labute approximate surface area is 228 Å². The summed E-state index contributed by atoms with van der Waals surface area (Å²) < 4.78 is 0. The molecule has 1 aliphatic heterocycles. The minimum atomic E-state index is -0.0122. The molecule has 180 valence electrons. The van der Waals surface area contributed by atoms with E-state index in [9.17, 15) is 0 Å². The van der Waals surface area contributed by atoms with Crippen molar-refractivity contribution in [3.8, 4) is 44.5 Å². The zero-order chi connectivity index (χ0) is 25.4. The summed E-state index contributed by atoms with van der Waals surface area (Å²) in [5, 5.41) is 2.69. The van der Waals surface area contributed by atoms with Gasteiger partial charge < -0.3 is 0 Å². The molecule has 0 atom stereocenters. The fraction of sp³-hybridized carbons (Fsp3) is 0.0811. The van der Waals surface area contributed by atoms with Crippen LogP contribution in [0.25, 0.3) is 55.3 Å². The second-order valence-corrected chi connectivity index (χ2v) is 12.0. The van der Waals surface area contributed by atoms with E-state index < -0.39 is 0 Å². The highest BCUT2D eigenvalue weighted by atomic mass is 32.2. The average Bonchev–Trinajstić information content (AvgIpc) is 3.20. The molecular weight excluding hydrogens is 476 g/mol. The zero-order valence-electron chi connectivity index (χ0n) is 21.5. The fourth-order valence-electron chi connectivity index (χ4n) is 6.66. The van der Waals surface area contributed by atoms with Gasteiger partial charge in [-0.3, -0.25) is 0 Å². The van der Waals surface area contributed by atoms with Crippen molar-refractivity contribution in [3.63, 3.8) is 0 Å². The Morgan fingerprint density at radius 1 is 0.447 bits per heavy atom. The van der Waals surface area contributed by atoms with Crippen LogP contribution < -0.4 is 0 Å². The number of benzene rings is 6. The third-order valence-electron chi connectivity index (χ3n) is 8.51. The molecule has 8 rings (SSSR count). The van der Waals surface area contributed by atoms with Crippen LogP contribution in [0.4, 0.5) is 0 Å². The molecule has 1 aliphatic carbocycles. The molecule has 38 heavy (non-hydrogen) atoms. The molecule has 0 spiro atoms. The smallest absolute Gasteiger partial charge is 0.0207 e. The maximum absolute atomic E-state index is 2.44. The highest BCUT2D eigenvalue weighted by Crippen LogP contribution is 2.52. The third kappa shape index (κ3) is 3.00. The van der Waals surface area contributed by atoms with E-state index in [0.717, 1.165) is 0 Å². The molecule has 0 bridgehead atoms. The molecule has 0 unspecified atom stereocenters. The Morgan fingerprint density at radius 2 is 1.11 bits per heavy atom. The van der Waals surface area contributed by atoms with Gasteiger partial charge in [-0.1, -0.05) is 129 Å². The van der Waals surface area contributed by atoms with E-state index >= 15 is 0 Å². The van der Waals surface area contributed by atoms with Crippen LogP contribution in [0.3, 0.4) is 0 Å². The molecule has 6 aromatic carbocycles. The van der Waals surface area contributed by atoms with Crippen molar-refractivity contribution >= 4 is 22.5 Å². The van der Waals surface area contributed by atoms with Gasteiger partial charge in [0.05, 0.1) is 0 Å². The summed E-state index contributed by atoms with van der Waals surface area (Å²) in [6.07, 6.45) is 0. The van der Waals surface area contributed by atoms with Gasteiger partial charge in [0, 0.05) is 20.6 Å². The van der Waals surface area contributed by atoms with Gasteiger partial charge in [-0.25, -0.2) is 0 Å². The van der Waals surface area contributed by atoms with E-state index in [-0.39, 0.29) is 5.41 Å². The van der Waals surface area contributed by atoms with Crippen molar-refractivity contribution in [1.82, 2.24) is 0 Å². The first-order chi connectivity index (χ1) is 18.6. The van der Waals surface area contributed by atoms with E-state index in [4.69, 9.17) is 0 Å². The van der Waals surface area contributed by atoms with Crippen LogP contribution in [-0.2, 0) is 5.41 Å². The lowest BCUT2D eigenvalue weighted by atomic mass is 9.81. The minimum absolute atomic E-state index is 0.0122. The zero-order valence-corrected chi connectivity index (χ0v) is 22.3. The monoisotopic (exact) mass is 502 g/mol. The molecular formula is C37H26S. The minimum Gasteiger partial charge on any atom is -0.0888 e. The van der Waals surface area contributed by atoms with E-state index in [1.807, 2.05) is 11.8 Å². The number of fused-ring (bicyclic) bond motifs is 5. The van der Waals surface area contributed by atoms with E-state index in [1.165, 1.54) is 76.2 Å². The SMILES string of the molecule is CC1(C)c2ccccc2-c2ccc(-c3ccccc3-c3ccc4c5c(cccc35)-c3ccccc3S4)cc21. The molecule has 0 fully saturated rings. The van der Waals surface area contributed by atoms with Gasteiger partial charge in [0.2, 0.25) is 0 Å². The number of hydrogen-bond acceptors (Lipinski definition) is 1. The van der Waals surface area contributed by atoms with Gasteiger partial charge in [0.1, 0.15) is 0 Å². The summed E-state index contributed by atoms with van der Waals surface area (Å²) in [7, 11) is 0. The first-order valence-electron chi connectivity index (χ1n) is 13.3. The third-order valence-corrected chi connectivity index (χ3v) is 9.65. The lowest BCUT2D eigenvalue weighted by molar-refractivity contribution is 0.660. The summed E-state index contributed by atoms with van der Waals surface area (Å²) in [6.45, 7) is 4.71. The van der Waals surface area contributed by atoms with Gasteiger partial charge in [0.15, 0.2) is 0 Å². The van der Waals surface area contributed by atoms with E-state index in [0.29, 0.717) is 0 Å². The lowest BCUT2D eigenvalue weighted by Gasteiger charge is -2.23. The molecule has 1 heteroatoms. The predicted octanol–water partition coefficient (Wildman–Crippen LogP) is 10.6. The van der Waals surface area contributed by atoms with Crippen molar-refractivity contribution < 1.29 is 0 Å². The Balaban J connectivity index is 1.33. The van der Waals surface area contributed by atoms with Crippen LogP contribution in [0.1, 0.15) is 25.0 Å². The first kappa shape index (κ1) is 22.0. The van der Waals surface area contributed by atoms with E-state index in [1.54, 1.807) is 0 Å². The fourth-order valence-corrected chi connectivity index (χ4v) is 7.79. The Hall–Kier alpha value is -4.07. The second-order valence-electron chi connectivity index (χ2n) is 10.9. The normalized spacial score (nSPS) is 14.2. The summed E-state index contributed by atoms with van der Waals surface area (Å²) in [4.78, 5) is 2.68. The van der Waals surface area contributed by atoms with Gasteiger partial charge in [-0.2, -0.15) is 0 Å². The van der Waals surface area contributed by atoms with Crippen molar-refractivity contribution in [2.45, 2.75) is 29.1 Å². The quantitative estimate of drug-likeness (QED) is 0.226. The molecule has 6 aromatic rings. The van der Waals surface area contributed by atoms with Crippen LogP contribution in [-0.4, -0.2) is 0 Å². The van der Waals surface area contributed by atoms with Gasteiger partial charge in [0.25, 0.3) is 0 Å². The van der Waals surface area contributed by atoms with Crippen molar-refractivity contribution in [2.75, 3.05) is 0 Å². The standard InChI is InChI=1S/C37H26S/c1-37(2)32-16-7-5-12-27(32)28-19-18-23(22-33(28)37)24-10-3-4-11-25(24)26-20-21-35-36-30(26)14-9-15-31(36)29-13-6-8-17-34(29)38-35/h3-22H,1-2H3. The molecule has 0 aromatic heterocycles. The lowest BCUT2D eigenvalue weighted by Crippen LogP contribution is -2.14. The molecule has 0 amide bonds. The van der Waals surface area contributed by atoms with Gasteiger partial charge in [-0.05, 0) is 79.2 Å². The van der Waals surface area contributed by atoms with Crippen LogP contribution in [0.5, 0.6) is 0 Å². The second kappa shape index (κ2) is 7.96. The van der Waals surface area contributed by atoms with Crippen LogP contribution in [0.15, 0.2) is 131 Å². The number of rotatable bonds is 2.